The van der Waals surface area contributed by atoms with Crippen molar-refractivity contribution in [2.24, 2.45) is 5.73 Å². The van der Waals surface area contributed by atoms with Gasteiger partial charge in [0, 0.05) is 24.5 Å². The molecule has 284 valence electrons. The van der Waals surface area contributed by atoms with Crippen LogP contribution in [0.2, 0.25) is 0 Å². The van der Waals surface area contributed by atoms with Crippen LogP contribution in [0.4, 0.5) is 11.8 Å². The fourth-order valence-electron chi connectivity index (χ4n) is 6.04. The molecule has 1 aliphatic rings. The normalized spacial score (nSPS) is 14.4. The van der Waals surface area contributed by atoms with E-state index in [0.717, 1.165) is 61.7 Å². The maximum Gasteiger partial charge on any atom is 0.327 e. The Morgan fingerprint density at radius 3 is 2.40 bits per heavy atom. The third kappa shape index (κ3) is 13.5. The van der Waals surface area contributed by atoms with Crippen molar-refractivity contribution in [3.63, 3.8) is 0 Å². The molecule has 1 aliphatic carbocycles. The Morgan fingerprint density at radius 2 is 1.62 bits per heavy atom. The zero-order valence-corrected chi connectivity index (χ0v) is 30.6. The summed E-state index contributed by atoms with van der Waals surface area (Å²) in [5.74, 6) is 0.812. The van der Waals surface area contributed by atoms with Crippen LogP contribution in [-0.4, -0.2) is 100 Å². The second-order valence-corrected chi connectivity index (χ2v) is 15.0. The first kappa shape index (κ1) is 39.2. The molecule has 0 spiro atoms. The van der Waals surface area contributed by atoms with E-state index in [4.69, 9.17) is 20.5 Å². The molecule has 1 fully saturated rings. The first-order valence-electron chi connectivity index (χ1n) is 18.3. The summed E-state index contributed by atoms with van der Waals surface area (Å²) in [4.78, 5) is 40.0. The monoisotopic (exact) mass is 740 g/mol. The van der Waals surface area contributed by atoms with Gasteiger partial charge in [0.25, 0.3) is 0 Å². The van der Waals surface area contributed by atoms with Gasteiger partial charge in [-0.3, -0.25) is 18.7 Å². The topological polar surface area (TPSA) is 248 Å². The van der Waals surface area contributed by atoms with Gasteiger partial charge in [-0.25, -0.2) is 4.98 Å². The highest BCUT2D eigenvalue weighted by molar-refractivity contribution is 7.51. The van der Waals surface area contributed by atoms with Crippen LogP contribution >= 0.6 is 7.60 Å². The van der Waals surface area contributed by atoms with E-state index in [9.17, 15) is 9.36 Å². The SMILES string of the molecule is NC(CCCNc1nc(NCc2cn(CCCNCCCNC3CCCCC3)nn2)nc2ccccc12)C(=O)NCc1cn(CCP(=O)(O)O)nn1. The number of fused-ring (bicyclic) bond motifs is 1. The van der Waals surface area contributed by atoms with Crippen LogP contribution in [0.5, 0.6) is 0 Å². The molecule has 1 amide bonds. The average Bonchev–Trinajstić information content (AvgIpc) is 3.81. The summed E-state index contributed by atoms with van der Waals surface area (Å²) < 4.78 is 14.3. The maximum atomic E-state index is 12.5. The minimum absolute atomic E-state index is 0.0247. The van der Waals surface area contributed by atoms with Gasteiger partial charge in [0.05, 0.1) is 49.7 Å². The predicted octanol–water partition coefficient (Wildman–Crippen LogP) is 1.73. The third-order valence-corrected chi connectivity index (χ3v) is 9.68. The highest BCUT2D eigenvalue weighted by Crippen LogP contribution is 2.33. The molecule has 1 aromatic carbocycles. The molecule has 0 bridgehead atoms. The fourth-order valence-corrected chi connectivity index (χ4v) is 6.50. The first-order valence-corrected chi connectivity index (χ1v) is 20.1. The number of carbonyl (C=O) groups is 1. The number of aryl methyl sites for hydroxylation is 2. The molecule has 9 N–H and O–H groups in total. The van der Waals surface area contributed by atoms with Crippen molar-refractivity contribution in [3.8, 4) is 0 Å². The van der Waals surface area contributed by atoms with Gasteiger partial charge >= 0.3 is 7.60 Å². The summed E-state index contributed by atoms with van der Waals surface area (Å²) in [6.07, 6.45) is 13.1. The number of nitrogens with zero attached hydrogens (tertiary/aromatic N) is 8. The van der Waals surface area contributed by atoms with Gasteiger partial charge in [0.2, 0.25) is 11.9 Å². The number of rotatable bonds is 23. The molecule has 1 unspecified atom stereocenters. The molecule has 0 aliphatic heterocycles. The van der Waals surface area contributed by atoms with Crippen LogP contribution in [0.1, 0.15) is 69.2 Å². The summed E-state index contributed by atoms with van der Waals surface area (Å²) in [6.45, 7) is 4.92. The van der Waals surface area contributed by atoms with Gasteiger partial charge in [-0.15, -0.1) is 10.2 Å². The van der Waals surface area contributed by atoms with Crippen molar-refractivity contribution in [1.82, 2.24) is 55.9 Å². The molecule has 18 nitrogen and oxygen atoms in total. The molecule has 1 saturated carbocycles. The zero-order valence-electron chi connectivity index (χ0n) is 29.7. The number of hydrogen-bond acceptors (Lipinski definition) is 13. The molecule has 19 heteroatoms. The van der Waals surface area contributed by atoms with E-state index in [1.165, 1.54) is 43.0 Å². The number of aromatic nitrogens is 8. The molecule has 0 radical (unpaired) electrons. The lowest BCUT2D eigenvalue weighted by atomic mass is 9.95. The number of nitrogens with two attached hydrogens (primary N) is 1. The van der Waals surface area contributed by atoms with Gasteiger partial charge in [0.1, 0.15) is 17.2 Å². The molecule has 3 aromatic heterocycles. The summed E-state index contributed by atoms with van der Waals surface area (Å²) in [5.41, 5.74) is 8.18. The lowest BCUT2D eigenvalue weighted by Crippen LogP contribution is -2.40. The smallest absolute Gasteiger partial charge is 0.327 e. The minimum Gasteiger partial charge on any atom is -0.369 e. The summed E-state index contributed by atoms with van der Waals surface area (Å²) in [6, 6.07) is 7.74. The Morgan fingerprint density at radius 1 is 0.885 bits per heavy atom. The van der Waals surface area contributed by atoms with Crippen molar-refractivity contribution >= 4 is 36.2 Å². The van der Waals surface area contributed by atoms with Crippen molar-refractivity contribution in [3.05, 3.63) is 48.0 Å². The summed E-state index contributed by atoms with van der Waals surface area (Å²) >= 11 is 0. The number of para-hydroxylation sites is 1. The molecule has 1 atom stereocenters. The highest BCUT2D eigenvalue weighted by Gasteiger charge is 2.16. The average molecular weight is 741 g/mol. The molecular formula is C33H53N14O4P. The number of nitrogens with one attached hydrogen (secondary N) is 5. The Hall–Kier alpha value is -4.06. The van der Waals surface area contributed by atoms with Gasteiger partial charge in [-0.1, -0.05) is 41.8 Å². The number of hydrogen-bond donors (Lipinski definition) is 8. The van der Waals surface area contributed by atoms with E-state index in [2.05, 4.69) is 52.2 Å². The van der Waals surface area contributed by atoms with Gasteiger partial charge < -0.3 is 42.1 Å². The van der Waals surface area contributed by atoms with Crippen molar-refractivity contribution in [2.45, 2.75) is 96.1 Å². The third-order valence-electron chi connectivity index (χ3n) is 8.90. The van der Waals surface area contributed by atoms with E-state index in [-0.39, 0.29) is 25.2 Å². The number of anilines is 2. The second-order valence-electron chi connectivity index (χ2n) is 13.2. The maximum absolute atomic E-state index is 12.5. The molecule has 3 heterocycles. The Balaban J connectivity index is 0.989. The largest absolute Gasteiger partial charge is 0.369 e. The second kappa shape index (κ2) is 20.3. The van der Waals surface area contributed by atoms with Crippen LogP contribution in [0.25, 0.3) is 10.9 Å². The van der Waals surface area contributed by atoms with E-state index in [1.807, 2.05) is 35.1 Å². The van der Waals surface area contributed by atoms with Crippen molar-refractivity contribution < 1.29 is 19.1 Å². The molecule has 52 heavy (non-hydrogen) atoms. The lowest BCUT2D eigenvalue weighted by Gasteiger charge is -2.22. The minimum atomic E-state index is -4.14. The van der Waals surface area contributed by atoms with Crippen LogP contribution in [0.3, 0.4) is 0 Å². The van der Waals surface area contributed by atoms with E-state index in [1.54, 1.807) is 0 Å². The van der Waals surface area contributed by atoms with Gasteiger partial charge in [-0.2, -0.15) is 4.98 Å². The van der Waals surface area contributed by atoms with Crippen LogP contribution in [0.15, 0.2) is 36.7 Å². The van der Waals surface area contributed by atoms with Gasteiger partial charge in [-0.05, 0) is 70.3 Å². The quantitative estimate of drug-likeness (QED) is 0.0399. The first-order chi connectivity index (χ1) is 25.2. The summed E-state index contributed by atoms with van der Waals surface area (Å²) in [5, 5.41) is 33.8. The van der Waals surface area contributed by atoms with Crippen molar-refractivity contribution in [2.75, 3.05) is 43.0 Å². The van der Waals surface area contributed by atoms with E-state index >= 15 is 0 Å². The molecule has 5 rings (SSSR count). The van der Waals surface area contributed by atoms with Crippen molar-refractivity contribution in [1.29, 1.82) is 0 Å². The lowest BCUT2D eigenvalue weighted by molar-refractivity contribution is -0.122. The summed E-state index contributed by atoms with van der Waals surface area (Å²) in [7, 11) is -4.14. The van der Waals surface area contributed by atoms with E-state index in [0.29, 0.717) is 43.4 Å². The van der Waals surface area contributed by atoms with Crippen LogP contribution in [-0.2, 0) is 35.5 Å². The fraction of sp³-hybridized carbons (Fsp3) is 0.606. The van der Waals surface area contributed by atoms with Gasteiger partial charge in [0.15, 0.2) is 0 Å². The number of carbonyl (C=O) groups excluding carboxylic acids is 1. The molecule has 4 aromatic rings. The Bertz CT molecular complexity index is 1720. The standard InChI is InChI=1S/C33H53N14O4P/c34-29(32(48)38-21-26-24-47(45-42-26)19-20-52(49,50)51)12-6-16-37-31-28-11-4-5-13-30(28)40-33(41-31)39-22-27-23-46(44-43-27)18-8-15-35-14-7-17-36-25-9-2-1-3-10-25/h4-5,11,13,23-25,29,35-36H,1-3,6-10,12,14-22,34H2,(H,38,48)(H2,49,50,51)(H2,37,39,40,41). The zero-order chi connectivity index (χ0) is 36.6. The van der Waals surface area contributed by atoms with Crippen LogP contribution < -0.4 is 32.3 Å². The Kier molecular flexibility index (Phi) is 15.2. The number of amides is 1. The predicted molar refractivity (Wildman–Crippen MR) is 198 cm³/mol. The highest BCUT2D eigenvalue weighted by atomic mass is 31.2. The van der Waals surface area contributed by atoms with E-state index < -0.39 is 13.6 Å². The molecular weight excluding hydrogens is 687 g/mol. The Labute approximate surface area is 303 Å². The number of benzene rings is 1. The molecule has 0 saturated heterocycles. The van der Waals surface area contributed by atoms with Crippen LogP contribution in [0, 0.1) is 0 Å².